The molecule has 0 aliphatic rings. The van der Waals surface area contributed by atoms with Crippen molar-refractivity contribution in [1.29, 1.82) is 0 Å². The minimum Gasteiger partial charge on any atom is -0.346 e. The number of nitrogens with one attached hydrogen (secondary N) is 1. The van der Waals surface area contributed by atoms with Gasteiger partial charge in [0.15, 0.2) is 5.78 Å². The number of rotatable bonds is 3. The molecule has 0 saturated carbocycles. The quantitative estimate of drug-likeness (QED) is 0.673. The van der Waals surface area contributed by atoms with E-state index in [2.05, 4.69) is 17.9 Å². The molecule has 0 radical (unpaired) electrons. The summed E-state index contributed by atoms with van der Waals surface area (Å²) in [6, 6.07) is -0.471. The van der Waals surface area contributed by atoms with Gasteiger partial charge in [-0.2, -0.15) is 12.6 Å². The van der Waals surface area contributed by atoms with Gasteiger partial charge in [-0.1, -0.05) is 20.8 Å². The average molecular weight is 203 g/mol. The number of carbonyl (C=O) groups excluding carboxylic acids is 2. The SMILES string of the molecule is CC(=O)NC(CS)C(=O)C(C)(C)C. The van der Waals surface area contributed by atoms with Crippen LogP contribution >= 0.6 is 12.6 Å². The van der Waals surface area contributed by atoms with E-state index in [9.17, 15) is 9.59 Å². The first-order valence-corrected chi connectivity index (χ1v) is 4.84. The maximum Gasteiger partial charge on any atom is 0.217 e. The van der Waals surface area contributed by atoms with Crippen LogP contribution in [-0.2, 0) is 9.59 Å². The lowest BCUT2D eigenvalue weighted by molar-refractivity contribution is -0.131. The maximum absolute atomic E-state index is 11.7. The van der Waals surface area contributed by atoms with Crippen LogP contribution in [0.1, 0.15) is 27.7 Å². The summed E-state index contributed by atoms with van der Waals surface area (Å²) in [4.78, 5) is 22.4. The van der Waals surface area contributed by atoms with Crippen LogP contribution in [0.4, 0.5) is 0 Å². The van der Waals surface area contributed by atoms with Gasteiger partial charge in [0.2, 0.25) is 5.91 Å². The minimum atomic E-state index is -0.471. The first-order chi connectivity index (χ1) is 5.79. The standard InChI is InChI=1S/C9H17NO2S/c1-6(11)10-7(5-13)8(12)9(2,3)4/h7,13H,5H2,1-4H3,(H,10,11). The molecule has 0 spiro atoms. The predicted molar refractivity (Wildman–Crippen MR) is 55.9 cm³/mol. The topological polar surface area (TPSA) is 46.2 Å². The second kappa shape index (κ2) is 4.65. The van der Waals surface area contributed by atoms with Gasteiger partial charge in [0, 0.05) is 18.1 Å². The highest BCUT2D eigenvalue weighted by Gasteiger charge is 2.28. The van der Waals surface area contributed by atoms with Crippen molar-refractivity contribution in [1.82, 2.24) is 5.32 Å². The number of thiol groups is 1. The van der Waals surface area contributed by atoms with Crippen molar-refractivity contribution in [3.63, 3.8) is 0 Å². The number of ketones is 1. The molecular formula is C9H17NO2S. The van der Waals surface area contributed by atoms with Gasteiger partial charge < -0.3 is 5.32 Å². The van der Waals surface area contributed by atoms with Gasteiger partial charge in [0.05, 0.1) is 6.04 Å². The molecular weight excluding hydrogens is 186 g/mol. The van der Waals surface area contributed by atoms with Gasteiger partial charge in [-0.15, -0.1) is 0 Å². The van der Waals surface area contributed by atoms with Crippen LogP contribution in [0, 0.1) is 5.41 Å². The Labute approximate surface area is 84.7 Å². The molecule has 3 nitrogen and oxygen atoms in total. The molecule has 0 aliphatic heterocycles. The van der Waals surface area contributed by atoms with Crippen LogP contribution in [0.2, 0.25) is 0 Å². The Hall–Kier alpha value is -0.510. The van der Waals surface area contributed by atoms with E-state index >= 15 is 0 Å². The van der Waals surface area contributed by atoms with Crippen molar-refractivity contribution in [3.05, 3.63) is 0 Å². The Morgan fingerprint density at radius 3 is 2.08 bits per heavy atom. The summed E-state index contributed by atoms with van der Waals surface area (Å²) in [5.41, 5.74) is -0.435. The van der Waals surface area contributed by atoms with E-state index in [1.165, 1.54) is 6.92 Å². The van der Waals surface area contributed by atoms with Gasteiger partial charge in [-0.25, -0.2) is 0 Å². The van der Waals surface area contributed by atoms with Crippen molar-refractivity contribution >= 4 is 24.3 Å². The highest BCUT2D eigenvalue weighted by atomic mass is 32.1. The van der Waals surface area contributed by atoms with E-state index in [1.54, 1.807) is 0 Å². The van der Waals surface area contributed by atoms with Crippen LogP contribution in [0.15, 0.2) is 0 Å². The molecule has 0 rings (SSSR count). The zero-order chi connectivity index (χ0) is 10.6. The third-order valence-electron chi connectivity index (χ3n) is 1.62. The first kappa shape index (κ1) is 12.5. The lowest BCUT2D eigenvalue weighted by Gasteiger charge is -2.23. The molecule has 1 unspecified atom stereocenters. The number of Topliss-reactive ketones (excluding diaryl/α,β-unsaturated/α-hetero) is 1. The van der Waals surface area contributed by atoms with E-state index in [0.29, 0.717) is 5.75 Å². The van der Waals surface area contributed by atoms with Crippen LogP contribution < -0.4 is 5.32 Å². The lowest BCUT2D eigenvalue weighted by atomic mass is 9.87. The molecule has 13 heavy (non-hydrogen) atoms. The molecule has 0 aromatic rings. The highest BCUT2D eigenvalue weighted by molar-refractivity contribution is 7.80. The molecule has 0 aliphatic carbocycles. The Morgan fingerprint density at radius 2 is 1.85 bits per heavy atom. The normalized spacial score (nSPS) is 13.6. The summed E-state index contributed by atoms with van der Waals surface area (Å²) in [7, 11) is 0. The van der Waals surface area contributed by atoms with Crippen molar-refractivity contribution in [2.45, 2.75) is 33.7 Å². The van der Waals surface area contributed by atoms with Gasteiger partial charge in [0.1, 0.15) is 0 Å². The minimum absolute atomic E-state index is 0.0118. The van der Waals surface area contributed by atoms with Crippen LogP contribution in [0.3, 0.4) is 0 Å². The molecule has 0 saturated heterocycles. The van der Waals surface area contributed by atoms with Gasteiger partial charge in [-0.3, -0.25) is 9.59 Å². The monoisotopic (exact) mass is 203 g/mol. The highest BCUT2D eigenvalue weighted by Crippen LogP contribution is 2.17. The Morgan fingerprint density at radius 1 is 1.38 bits per heavy atom. The van der Waals surface area contributed by atoms with Crippen LogP contribution in [0.25, 0.3) is 0 Å². The summed E-state index contributed by atoms with van der Waals surface area (Å²) >= 11 is 4.03. The van der Waals surface area contributed by atoms with Gasteiger partial charge >= 0.3 is 0 Å². The first-order valence-electron chi connectivity index (χ1n) is 4.21. The molecule has 1 amide bonds. The van der Waals surface area contributed by atoms with E-state index in [0.717, 1.165) is 0 Å². The van der Waals surface area contributed by atoms with E-state index in [4.69, 9.17) is 0 Å². The second-order valence-corrected chi connectivity index (χ2v) is 4.42. The molecule has 0 fully saturated rings. The van der Waals surface area contributed by atoms with Gasteiger partial charge in [-0.05, 0) is 0 Å². The molecule has 0 heterocycles. The zero-order valence-corrected chi connectivity index (χ0v) is 9.44. The Balaban J connectivity index is 4.41. The molecule has 76 valence electrons. The molecule has 1 N–H and O–H groups in total. The number of amides is 1. The van der Waals surface area contributed by atoms with E-state index in [1.807, 2.05) is 20.8 Å². The van der Waals surface area contributed by atoms with Crippen molar-refractivity contribution in [2.24, 2.45) is 5.41 Å². The number of carbonyl (C=O) groups is 2. The fraction of sp³-hybridized carbons (Fsp3) is 0.778. The summed E-state index contributed by atoms with van der Waals surface area (Å²) in [6.07, 6.45) is 0. The fourth-order valence-corrected chi connectivity index (χ4v) is 1.22. The zero-order valence-electron chi connectivity index (χ0n) is 8.55. The summed E-state index contributed by atoms with van der Waals surface area (Å²) in [6.45, 7) is 6.88. The third kappa shape index (κ3) is 4.31. The average Bonchev–Trinajstić information content (AvgIpc) is 1.96. The summed E-state index contributed by atoms with van der Waals surface area (Å²) < 4.78 is 0. The van der Waals surface area contributed by atoms with Crippen LogP contribution in [0.5, 0.6) is 0 Å². The molecule has 0 aromatic carbocycles. The Kier molecular flexibility index (Phi) is 4.47. The van der Waals surface area contributed by atoms with Crippen molar-refractivity contribution < 1.29 is 9.59 Å². The van der Waals surface area contributed by atoms with E-state index in [-0.39, 0.29) is 11.7 Å². The lowest BCUT2D eigenvalue weighted by Crippen LogP contribution is -2.46. The second-order valence-electron chi connectivity index (χ2n) is 4.05. The fourth-order valence-electron chi connectivity index (χ4n) is 0.962. The Bertz CT molecular complexity index is 208. The van der Waals surface area contributed by atoms with Crippen molar-refractivity contribution in [2.75, 3.05) is 5.75 Å². The van der Waals surface area contributed by atoms with Crippen LogP contribution in [-0.4, -0.2) is 23.5 Å². The molecule has 4 heteroatoms. The molecule has 0 bridgehead atoms. The largest absolute Gasteiger partial charge is 0.346 e. The maximum atomic E-state index is 11.7. The summed E-state index contributed by atoms with van der Waals surface area (Å²) in [5.74, 6) is 0.157. The van der Waals surface area contributed by atoms with E-state index < -0.39 is 11.5 Å². The molecule has 0 aromatic heterocycles. The third-order valence-corrected chi connectivity index (χ3v) is 1.98. The van der Waals surface area contributed by atoms with Crippen molar-refractivity contribution in [3.8, 4) is 0 Å². The smallest absolute Gasteiger partial charge is 0.217 e. The number of hydrogen-bond acceptors (Lipinski definition) is 3. The number of hydrogen-bond donors (Lipinski definition) is 2. The predicted octanol–water partition coefficient (Wildman–Crippen LogP) is 1.04. The summed E-state index contributed by atoms with van der Waals surface area (Å²) in [5, 5.41) is 2.57. The van der Waals surface area contributed by atoms with Gasteiger partial charge in [0.25, 0.3) is 0 Å². The molecule has 1 atom stereocenters.